The number of benzene rings is 1. The maximum absolute atomic E-state index is 12.8. The first-order chi connectivity index (χ1) is 14.3. The fourth-order valence-electron chi connectivity index (χ4n) is 3.63. The van der Waals surface area contributed by atoms with Crippen LogP contribution >= 0.6 is 0 Å². The second-order valence-electron chi connectivity index (χ2n) is 7.95. The Kier molecular flexibility index (Phi) is 8.96. The third kappa shape index (κ3) is 6.65. The average Bonchev–Trinajstić information content (AvgIpc) is 2.76. The molecule has 1 aliphatic heterocycles. The van der Waals surface area contributed by atoms with Gasteiger partial charge in [0.05, 0.1) is 6.61 Å². The van der Waals surface area contributed by atoms with E-state index >= 15 is 0 Å². The first kappa shape index (κ1) is 23.5. The number of likely N-dealkylation sites (tertiary alicyclic amines) is 1. The topological polar surface area (TPSA) is 80.8 Å². The van der Waals surface area contributed by atoms with Crippen LogP contribution in [0.15, 0.2) is 36.4 Å². The molecule has 0 radical (unpaired) electrons. The van der Waals surface area contributed by atoms with Gasteiger partial charge < -0.3 is 9.64 Å². The van der Waals surface area contributed by atoms with Crippen LogP contribution in [0.3, 0.4) is 0 Å². The van der Waals surface area contributed by atoms with E-state index in [-0.39, 0.29) is 36.6 Å². The quantitative estimate of drug-likeness (QED) is 0.352. The summed E-state index contributed by atoms with van der Waals surface area (Å²) < 4.78 is 4.81. The van der Waals surface area contributed by atoms with Crippen LogP contribution in [0.4, 0.5) is 0 Å². The number of nitrogens with zero attached hydrogens (tertiary/aromatic N) is 1. The van der Waals surface area contributed by atoms with E-state index < -0.39 is 17.7 Å². The van der Waals surface area contributed by atoms with E-state index in [2.05, 4.69) is 0 Å². The molecule has 0 saturated carbocycles. The van der Waals surface area contributed by atoms with Gasteiger partial charge in [-0.1, -0.05) is 44.2 Å². The number of esters is 1. The highest BCUT2D eigenvalue weighted by Crippen LogP contribution is 2.25. The molecule has 1 aromatic carbocycles. The van der Waals surface area contributed by atoms with Crippen molar-refractivity contribution in [1.82, 2.24) is 4.90 Å². The average molecular weight is 414 g/mol. The predicted octanol–water partition coefficient (Wildman–Crippen LogP) is 3.30. The molecule has 1 amide bonds. The molecule has 1 saturated heterocycles. The minimum absolute atomic E-state index is 0.0155. The SMILES string of the molecule is CCOC(=O)C(=O)C(CC(=O)C1CCN(C(=O)/C=C/c2ccccc2)CC1)C(C)C. The lowest BCUT2D eigenvalue weighted by Gasteiger charge is -2.31. The van der Waals surface area contributed by atoms with Gasteiger partial charge in [0.1, 0.15) is 5.78 Å². The molecule has 0 aliphatic carbocycles. The van der Waals surface area contributed by atoms with E-state index in [1.165, 1.54) is 0 Å². The minimum Gasteiger partial charge on any atom is -0.460 e. The molecule has 30 heavy (non-hydrogen) atoms. The number of carbonyl (C=O) groups excluding carboxylic acids is 4. The van der Waals surface area contributed by atoms with Crippen molar-refractivity contribution < 1.29 is 23.9 Å². The van der Waals surface area contributed by atoms with Crippen LogP contribution in [0.1, 0.15) is 45.6 Å². The molecule has 1 aliphatic rings. The monoisotopic (exact) mass is 413 g/mol. The molecule has 6 nitrogen and oxygen atoms in total. The zero-order valence-electron chi connectivity index (χ0n) is 18.0. The van der Waals surface area contributed by atoms with E-state index in [0.29, 0.717) is 25.9 Å². The van der Waals surface area contributed by atoms with Crippen molar-refractivity contribution >= 4 is 29.5 Å². The lowest BCUT2D eigenvalue weighted by Crippen LogP contribution is -2.40. The Bertz CT molecular complexity index is 776. The zero-order chi connectivity index (χ0) is 22.1. The van der Waals surface area contributed by atoms with E-state index in [0.717, 1.165) is 5.56 Å². The number of hydrogen-bond acceptors (Lipinski definition) is 5. The largest absolute Gasteiger partial charge is 0.460 e. The van der Waals surface area contributed by atoms with E-state index in [1.807, 2.05) is 44.2 Å². The van der Waals surface area contributed by atoms with Crippen molar-refractivity contribution in [1.29, 1.82) is 0 Å². The van der Waals surface area contributed by atoms with Crippen LogP contribution in [0, 0.1) is 17.8 Å². The highest BCUT2D eigenvalue weighted by atomic mass is 16.5. The van der Waals surface area contributed by atoms with Crippen LogP contribution in [-0.2, 0) is 23.9 Å². The normalized spacial score (nSPS) is 15.9. The first-order valence-corrected chi connectivity index (χ1v) is 10.6. The fraction of sp³-hybridized carbons (Fsp3) is 0.500. The van der Waals surface area contributed by atoms with E-state index in [9.17, 15) is 19.2 Å². The lowest BCUT2D eigenvalue weighted by molar-refractivity contribution is -0.156. The molecule has 0 N–H and O–H groups in total. The second kappa shape index (κ2) is 11.4. The number of hydrogen-bond donors (Lipinski definition) is 0. The van der Waals surface area contributed by atoms with Crippen molar-refractivity contribution in [3.8, 4) is 0 Å². The van der Waals surface area contributed by atoms with Crippen molar-refractivity contribution in [2.24, 2.45) is 17.8 Å². The summed E-state index contributed by atoms with van der Waals surface area (Å²) >= 11 is 0. The van der Waals surface area contributed by atoms with E-state index in [4.69, 9.17) is 4.74 Å². The van der Waals surface area contributed by atoms with Gasteiger partial charge in [-0.2, -0.15) is 0 Å². The second-order valence-corrected chi connectivity index (χ2v) is 7.95. The Balaban J connectivity index is 1.88. The number of ketones is 2. The van der Waals surface area contributed by atoms with Gasteiger partial charge >= 0.3 is 5.97 Å². The predicted molar refractivity (Wildman–Crippen MR) is 114 cm³/mol. The van der Waals surface area contributed by atoms with Crippen molar-refractivity contribution in [3.05, 3.63) is 42.0 Å². The molecular weight excluding hydrogens is 382 g/mol. The number of ether oxygens (including phenoxy) is 1. The Labute approximate surface area is 178 Å². The van der Waals surface area contributed by atoms with Gasteiger partial charge in [0.25, 0.3) is 0 Å². The summed E-state index contributed by atoms with van der Waals surface area (Å²) in [6.07, 6.45) is 4.53. The molecule has 1 fully saturated rings. The molecule has 1 atom stereocenters. The Morgan fingerprint density at radius 1 is 1.10 bits per heavy atom. The first-order valence-electron chi connectivity index (χ1n) is 10.6. The highest BCUT2D eigenvalue weighted by Gasteiger charge is 2.34. The van der Waals surface area contributed by atoms with Gasteiger partial charge in [0, 0.05) is 37.4 Å². The molecule has 1 heterocycles. The molecule has 1 aromatic rings. The number of amides is 1. The van der Waals surface area contributed by atoms with Crippen molar-refractivity contribution in [2.45, 2.75) is 40.0 Å². The molecular formula is C24H31NO5. The van der Waals surface area contributed by atoms with Gasteiger partial charge in [-0.05, 0) is 37.3 Å². The maximum Gasteiger partial charge on any atom is 0.374 e. The summed E-state index contributed by atoms with van der Waals surface area (Å²) in [7, 11) is 0. The van der Waals surface area contributed by atoms with Crippen LogP contribution in [0.5, 0.6) is 0 Å². The summed E-state index contributed by atoms with van der Waals surface area (Å²) in [5.41, 5.74) is 0.960. The van der Waals surface area contributed by atoms with Gasteiger partial charge in [-0.3, -0.25) is 14.4 Å². The smallest absolute Gasteiger partial charge is 0.374 e. The number of carbonyl (C=O) groups is 4. The Hall–Kier alpha value is -2.76. The Morgan fingerprint density at radius 3 is 2.30 bits per heavy atom. The molecule has 2 rings (SSSR count). The summed E-state index contributed by atoms with van der Waals surface area (Å²) in [5, 5.41) is 0. The Morgan fingerprint density at radius 2 is 1.73 bits per heavy atom. The number of Topliss-reactive ketones (excluding diaryl/α,β-unsaturated/α-hetero) is 2. The molecule has 0 spiro atoms. The van der Waals surface area contributed by atoms with Crippen molar-refractivity contribution in [2.75, 3.05) is 19.7 Å². The summed E-state index contributed by atoms with van der Waals surface area (Å²) in [4.78, 5) is 51.0. The molecule has 162 valence electrons. The van der Waals surface area contributed by atoms with Gasteiger partial charge in [-0.25, -0.2) is 4.79 Å². The summed E-state index contributed by atoms with van der Waals surface area (Å²) in [6.45, 7) is 6.45. The summed E-state index contributed by atoms with van der Waals surface area (Å²) in [6, 6.07) is 9.61. The van der Waals surface area contributed by atoms with Crippen LogP contribution in [0.2, 0.25) is 0 Å². The van der Waals surface area contributed by atoms with E-state index in [1.54, 1.807) is 24.0 Å². The molecule has 0 aromatic heterocycles. The van der Waals surface area contributed by atoms with Crippen LogP contribution < -0.4 is 0 Å². The lowest BCUT2D eigenvalue weighted by atomic mass is 9.81. The van der Waals surface area contributed by atoms with Gasteiger partial charge in [-0.15, -0.1) is 0 Å². The number of rotatable bonds is 9. The minimum atomic E-state index is -0.866. The highest BCUT2D eigenvalue weighted by molar-refractivity contribution is 6.34. The molecule has 6 heteroatoms. The number of piperidine rings is 1. The third-order valence-electron chi connectivity index (χ3n) is 5.52. The standard InChI is InChI=1S/C24H31NO5/c1-4-30-24(29)23(28)20(17(2)3)16-21(26)19-12-14-25(15-13-19)22(27)11-10-18-8-6-5-7-9-18/h5-11,17,19-20H,4,12-16H2,1-3H3/b11-10+. The summed E-state index contributed by atoms with van der Waals surface area (Å²) in [5.74, 6) is -2.56. The zero-order valence-corrected chi connectivity index (χ0v) is 18.0. The van der Waals surface area contributed by atoms with Crippen LogP contribution in [0.25, 0.3) is 6.08 Å². The van der Waals surface area contributed by atoms with Gasteiger partial charge in [0.15, 0.2) is 0 Å². The molecule has 0 bridgehead atoms. The van der Waals surface area contributed by atoms with Crippen LogP contribution in [-0.4, -0.2) is 48.0 Å². The van der Waals surface area contributed by atoms with Gasteiger partial charge in [0.2, 0.25) is 11.7 Å². The maximum atomic E-state index is 12.8. The fourth-order valence-corrected chi connectivity index (χ4v) is 3.63. The van der Waals surface area contributed by atoms with Crippen molar-refractivity contribution in [3.63, 3.8) is 0 Å². The molecule has 1 unspecified atom stereocenters. The third-order valence-corrected chi connectivity index (χ3v) is 5.52.